The third kappa shape index (κ3) is 4.25. The molecule has 1 aliphatic rings. The Kier molecular flexibility index (Phi) is 5.91. The van der Waals surface area contributed by atoms with Crippen LogP contribution in [-0.2, 0) is 5.41 Å². The summed E-state index contributed by atoms with van der Waals surface area (Å²) in [7, 11) is 1.94. The second-order valence-electron chi connectivity index (χ2n) is 9.18. The fourth-order valence-electron chi connectivity index (χ4n) is 5.29. The maximum absolute atomic E-state index is 13.9. The summed E-state index contributed by atoms with van der Waals surface area (Å²) in [6.07, 6.45) is 9.40. The molecule has 2 aromatic carbocycles. The maximum atomic E-state index is 13.9. The first-order valence-electron chi connectivity index (χ1n) is 11.8. The van der Waals surface area contributed by atoms with Crippen LogP contribution in [0.5, 0.6) is 0 Å². The van der Waals surface area contributed by atoms with Crippen LogP contribution in [-0.4, -0.2) is 34.4 Å². The van der Waals surface area contributed by atoms with Gasteiger partial charge in [0.1, 0.15) is 0 Å². The summed E-state index contributed by atoms with van der Waals surface area (Å²) in [5.74, 6) is 0.0217. The number of amides is 1. The second kappa shape index (κ2) is 9.14. The smallest absolute Gasteiger partial charge is 0.254 e. The molecule has 1 aliphatic carbocycles. The van der Waals surface area contributed by atoms with Crippen LogP contribution in [0.25, 0.3) is 22.2 Å². The molecule has 33 heavy (non-hydrogen) atoms. The summed E-state index contributed by atoms with van der Waals surface area (Å²) in [5.41, 5.74) is 4.61. The molecule has 2 heterocycles. The summed E-state index contributed by atoms with van der Waals surface area (Å²) in [6, 6.07) is 24.6. The Morgan fingerprint density at radius 3 is 2.36 bits per heavy atom. The van der Waals surface area contributed by atoms with Crippen molar-refractivity contribution >= 4 is 16.8 Å². The van der Waals surface area contributed by atoms with Gasteiger partial charge in [0.2, 0.25) is 0 Å². The quantitative estimate of drug-likeness (QED) is 0.371. The number of hydrogen-bond acceptors (Lipinski definition) is 3. The van der Waals surface area contributed by atoms with E-state index in [4.69, 9.17) is 4.98 Å². The molecule has 1 saturated carbocycles. The Balaban J connectivity index is 1.53. The third-order valence-corrected chi connectivity index (χ3v) is 6.99. The van der Waals surface area contributed by atoms with Crippen LogP contribution in [0, 0.1) is 0 Å². The van der Waals surface area contributed by atoms with Crippen LogP contribution < -0.4 is 0 Å². The summed E-state index contributed by atoms with van der Waals surface area (Å²) in [5, 5.41) is 0.798. The molecule has 0 aliphatic heterocycles. The Morgan fingerprint density at radius 1 is 0.939 bits per heavy atom. The zero-order chi connectivity index (χ0) is 22.7. The highest BCUT2D eigenvalue weighted by atomic mass is 16.2. The first-order valence-corrected chi connectivity index (χ1v) is 11.8. The molecule has 0 spiro atoms. The van der Waals surface area contributed by atoms with E-state index in [1.165, 1.54) is 24.8 Å². The number of benzene rings is 2. The summed E-state index contributed by atoms with van der Waals surface area (Å²) in [4.78, 5) is 24.9. The lowest BCUT2D eigenvalue weighted by Crippen LogP contribution is -2.43. The van der Waals surface area contributed by atoms with E-state index in [-0.39, 0.29) is 11.3 Å². The number of carbonyl (C=O) groups is 1. The molecule has 4 aromatic rings. The number of likely N-dealkylation sites (N-methyl/N-ethyl adjacent to an activating group) is 1. The van der Waals surface area contributed by atoms with Gasteiger partial charge in [-0.2, -0.15) is 0 Å². The number of nitrogens with zero attached hydrogens (tertiary/aromatic N) is 3. The Bertz CT molecular complexity index is 1250. The number of rotatable bonds is 5. The van der Waals surface area contributed by atoms with E-state index in [1.807, 2.05) is 54.4 Å². The SMILES string of the molecule is CN(CC1(c2ccccc2)CCCCC1)C(=O)c1cc(-c2ccccc2)nc2ccncc12. The number of hydrogen-bond donors (Lipinski definition) is 0. The second-order valence-corrected chi connectivity index (χ2v) is 9.18. The van der Waals surface area contributed by atoms with Gasteiger partial charge in [-0.25, -0.2) is 4.98 Å². The normalized spacial score (nSPS) is 15.3. The predicted octanol–water partition coefficient (Wildman–Crippen LogP) is 6.27. The topological polar surface area (TPSA) is 46.1 Å². The molecule has 0 unspecified atom stereocenters. The number of carbonyl (C=O) groups excluding carboxylic acids is 1. The van der Waals surface area contributed by atoms with Gasteiger partial charge in [-0.1, -0.05) is 79.9 Å². The zero-order valence-electron chi connectivity index (χ0n) is 19.1. The molecule has 4 heteroatoms. The van der Waals surface area contributed by atoms with Gasteiger partial charge >= 0.3 is 0 Å². The molecule has 0 N–H and O–H groups in total. The summed E-state index contributed by atoms with van der Waals surface area (Å²) < 4.78 is 0. The summed E-state index contributed by atoms with van der Waals surface area (Å²) >= 11 is 0. The zero-order valence-corrected chi connectivity index (χ0v) is 19.1. The molecule has 166 valence electrons. The Labute approximate surface area is 195 Å². The fourth-order valence-corrected chi connectivity index (χ4v) is 5.29. The molecule has 1 amide bonds. The molecule has 4 nitrogen and oxygen atoms in total. The molecule has 0 bridgehead atoms. The van der Waals surface area contributed by atoms with Crippen molar-refractivity contribution in [1.29, 1.82) is 0 Å². The highest BCUT2D eigenvalue weighted by molar-refractivity contribution is 6.06. The van der Waals surface area contributed by atoms with Gasteiger partial charge in [0.05, 0.1) is 16.8 Å². The minimum Gasteiger partial charge on any atom is -0.341 e. The number of fused-ring (bicyclic) bond motifs is 1. The van der Waals surface area contributed by atoms with Crippen LogP contribution in [0.4, 0.5) is 0 Å². The first-order chi connectivity index (χ1) is 16.2. The molecule has 5 rings (SSSR count). The lowest BCUT2D eigenvalue weighted by atomic mass is 9.69. The van der Waals surface area contributed by atoms with Gasteiger partial charge in [0.15, 0.2) is 0 Å². The molecular weight excluding hydrogens is 406 g/mol. The van der Waals surface area contributed by atoms with Crippen molar-refractivity contribution in [2.45, 2.75) is 37.5 Å². The Hall–Kier alpha value is -3.53. The van der Waals surface area contributed by atoms with E-state index >= 15 is 0 Å². The van der Waals surface area contributed by atoms with Gasteiger partial charge in [-0.05, 0) is 30.5 Å². The lowest BCUT2D eigenvalue weighted by Gasteiger charge is -2.41. The van der Waals surface area contributed by atoms with Crippen LogP contribution in [0.15, 0.2) is 85.2 Å². The highest BCUT2D eigenvalue weighted by Gasteiger charge is 2.36. The predicted molar refractivity (Wildman–Crippen MR) is 133 cm³/mol. The van der Waals surface area contributed by atoms with E-state index in [9.17, 15) is 4.79 Å². The van der Waals surface area contributed by atoms with Gasteiger partial charge < -0.3 is 4.90 Å². The van der Waals surface area contributed by atoms with Crippen molar-refractivity contribution in [3.8, 4) is 11.3 Å². The van der Waals surface area contributed by atoms with Crippen LogP contribution >= 0.6 is 0 Å². The highest BCUT2D eigenvalue weighted by Crippen LogP contribution is 2.40. The van der Waals surface area contributed by atoms with E-state index < -0.39 is 0 Å². The van der Waals surface area contributed by atoms with Crippen molar-refractivity contribution in [2.75, 3.05) is 13.6 Å². The van der Waals surface area contributed by atoms with Crippen molar-refractivity contribution in [1.82, 2.24) is 14.9 Å². The summed E-state index contributed by atoms with van der Waals surface area (Å²) in [6.45, 7) is 0.709. The molecule has 1 fully saturated rings. The number of pyridine rings is 2. The third-order valence-electron chi connectivity index (χ3n) is 6.99. The van der Waals surface area contributed by atoms with Gasteiger partial charge in [0.25, 0.3) is 5.91 Å². The van der Waals surface area contributed by atoms with Gasteiger partial charge in [-0.3, -0.25) is 9.78 Å². The Morgan fingerprint density at radius 2 is 1.64 bits per heavy atom. The van der Waals surface area contributed by atoms with Crippen molar-refractivity contribution < 1.29 is 4.79 Å². The molecule has 0 saturated heterocycles. The monoisotopic (exact) mass is 435 g/mol. The van der Waals surface area contributed by atoms with Gasteiger partial charge in [-0.15, -0.1) is 0 Å². The van der Waals surface area contributed by atoms with Crippen molar-refractivity contribution in [3.63, 3.8) is 0 Å². The van der Waals surface area contributed by atoms with Crippen LogP contribution in [0.1, 0.15) is 48.0 Å². The molecular formula is C29H29N3O. The number of aromatic nitrogens is 2. The minimum absolute atomic E-state index is 0.00721. The maximum Gasteiger partial charge on any atom is 0.254 e. The van der Waals surface area contributed by atoms with Crippen molar-refractivity contribution in [2.24, 2.45) is 0 Å². The lowest BCUT2D eigenvalue weighted by molar-refractivity contribution is 0.0739. The standard InChI is InChI=1S/C29H29N3O/c1-32(21-29(16-9-4-10-17-29)23-13-7-3-8-14-23)28(33)24-19-27(22-11-5-2-6-12-22)31-26-15-18-30-20-25(24)26/h2-3,5-8,11-15,18-20H,4,9-10,16-17,21H2,1H3. The molecule has 0 radical (unpaired) electrons. The average molecular weight is 436 g/mol. The van der Waals surface area contributed by atoms with Crippen molar-refractivity contribution in [3.05, 3.63) is 96.3 Å². The average Bonchev–Trinajstić information content (AvgIpc) is 2.89. The van der Waals surface area contributed by atoms with E-state index in [1.54, 1.807) is 12.4 Å². The van der Waals surface area contributed by atoms with Gasteiger partial charge in [0, 0.05) is 42.4 Å². The first kappa shape index (κ1) is 21.3. The minimum atomic E-state index is 0.00721. The largest absolute Gasteiger partial charge is 0.341 e. The van der Waals surface area contributed by atoms with E-state index in [0.29, 0.717) is 12.1 Å². The molecule has 0 atom stereocenters. The van der Waals surface area contributed by atoms with E-state index in [2.05, 4.69) is 35.3 Å². The fraction of sp³-hybridized carbons (Fsp3) is 0.276. The van der Waals surface area contributed by atoms with E-state index in [0.717, 1.165) is 35.0 Å². The van der Waals surface area contributed by atoms with Crippen LogP contribution in [0.2, 0.25) is 0 Å². The van der Waals surface area contributed by atoms with Crippen LogP contribution in [0.3, 0.4) is 0 Å². The molecule has 2 aromatic heterocycles.